The number of hydrogen-bond donors (Lipinski definition) is 1. The molecule has 0 saturated heterocycles. The summed E-state index contributed by atoms with van der Waals surface area (Å²) < 4.78 is 24.5. The van der Waals surface area contributed by atoms with Crippen LogP contribution in [-0.2, 0) is 23.1 Å². The van der Waals surface area contributed by atoms with Crippen molar-refractivity contribution in [1.82, 2.24) is 0 Å². The summed E-state index contributed by atoms with van der Waals surface area (Å²) in [6.45, 7) is 0. The first-order valence-corrected chi connectivity index (χ1v) is 5.37. The lowest BCUT2D eigenvalue weighted by Crippen LogP contribution is -2.19. The maximum absolute atomic E-state index is 11.4. The van der Waals surface area contributed by atoms with Crippen molar-refractivity contribution in [3.8, 4) is 0 Å². The number of amides is 1. The first-order valence-electron chi connectivity index (χ1n) is 3.64. The van der Waals surface area contributed by atoms with Crippen molar-refractivity contribution < 1.29 is 27.9 Å². The second kappa shape index (κ2) is 5.74. The van der Waals surface area contributed by atoms with Crippen LogP contribution in [0.2, 0.25) is 0 Å². The van der Waals surface area contributed by atoms with Gasteiger partial charge in [0.1, 0.15) is 0 Å². The Labute approximate surface area is 81.0 Å². The zero-order valence-electron chi connectivity index (χ0n) is 7.89. The summed E-state index contributed by atoms with van der Waals surface area (Å²) in [6.07, 6.45) is -1.62. The smallest absolute Gasteiger partial charge is 0.376 e. The Kier molecular flexibility index (Phi) is 5.37. The van der Waals surface area contributed by atoms with E-state index in [4.69, 9.17) is 0 Å². The summed E-state index contributed by atoms with van der Waals surface area (Å²) in [5.41, 5.74) is 4.58. The van der Waals surface area contributed by atoms with E-state index in [1.807, 2.05) is 0 Å². The quantitative estimate of drug-likeness (QED) is 0.414. The second-order valence-corrected chi connectivity index (χ2v) is 4.64. The third-order valence-corrected chi connectivity index (χ3v) is 3.24. The zero-order valence-corrected chi connectivity index (χ0v) is 8.78. The first-order chi connectivity index (χ1) is 6.43. The lowest BCUT2D eigenvalue weighted by molar-refractivity contribution is -0.136. The molecule has 82 valence electrons. The normalized spacial score (nSPS) is 11.0. The second-order valence-electron chi connectivity index (χ2n) is 2.24. The highest BCUT2D eigenvalue weighted by atomic mass is 31.2. The van der Waals surface area contributed by atoms with Crippen LogP contribution in [0.4, 0.5) is 4.79 Å². The largest absolute Gasteiger partial charge is 0.412 e. The van der Waals surface area contributed by atoms with E-state index in [2.05, 4.69) is 19.5 Å². The number of carbonyl (C=O) groups is 2. The average Bonchev–Trinajstić information content (AvgIpc) is 2.13. The van der Waals surface area contributed by atoms with E-state index in [1.54, 1.807) is 0 Å². The van der Waals surface area contributed by atoms with Crippen molar-refractivity contribution in [3.63, 3.8) is 0 Å². The Hall–Kier alpha value is -0.910. The number of carbonyl (C=O) groups excluding carboxylic acids is 2. The van der Waals surface area contributed by atoms with Crippen molar-refractivity contribution in [2.75, 3.05) is 20.4 Å². The third kappa shape index (κ3) is 4.96. The lowest BCUT2D eigenvalue weighted by atomic mass is 10.5. The summed E-state index contributed by atoms with van der Waals surface area (Å²) >= 11 is 0. The van der Waals surface area contributed by atoms with Gasteiger partial charge in [0.15, 0.2) is 0 Å². The molecule has 0 bridgehead atoms. The minimum absolute atomic E-state index is 0.161. The Morgan fingerprint density at radius 3 is 2.14 bits per heavy atom. The molecule has 1 amide bonds. The molecule has 0 heterocycles. The fourth-order valence-electron chi connectivity index (χ4n) is 0.649. The van der Waals surface area contributed by atoms with E-state index < -0.39 is 19.7 Å². The summed E-state index contributed by atoms with van der Waals surface area (Å²) in [7, 11) is -0.835. The minimum Gasteiger partial charge on any atom is -0.376 e. The summed E-state index contributed by atoms with van der Waals surface area (Å²) in [6, 6.07) is 0. The molecule has 0 aromatic rings. The van der Waals surface area contributed by atoms with Gasteiger partial charge in [-0.1, -0.05) is 0 Å². The van der Waals surface area contributed by atoms with Gasteiger partial charge in [0.05, 0.1) is 12.6 Å². The molecule has 0 aliphatic rings. The van der Waals surface area contributed by atoms with E-state index in [-0.39, 0.29) is 12.6 Å². The molecule has 7 nitrogen and oxygen atoms in total. The highest BCUT2D eigenvalue weighted by molar-refractivity contribution is 7.53. The topological polar surface area (TPSA) is 105 Å². The number of rotatable bonds is 5. The number of hydrogen-bond acceptors (Lipinski definition) is 6. The van der Waals surface area contributed by atoms with Crippen molar-refractivity contribution in [2.45, 2.75) is 6.42 Å². The third-order valence-electron chi connectivity index (χ3n) is 1.36. The highest BCUT2D eigenvalue weighted by Crippen LogP contribution is 2.46. The van der Waals surface area contributed by atoms with Crippen LogP contribution in [0.3, 0.4) is 0 Å². The SMILES string of the molecule is COP(=O)(CCC(=O)OC(N)=O)OC. The zero-order chi connectivity index (χ0) is 11.2. The molecule has 14 heavy (non-hydrogen) atoms. The van der Waals surface area contributed by atoms with Crippen LogP contribution < -0.4 is 5.73 Å². The predicted octanol–water partition coefficient (Wildman–Crippen LogP) is 0.484. The van der Waals surface area contributed by atoms with Crippen molar-refractivity contribution in [3.05, 3.63) is 0 Å². The Bertz CT molecular complexity index is 257. The average molecular weight is 225 g/mol. The van der Waals surface area contributed by atoms with Gasteiger partial charge >= 0.3 is 19.7 Å². The first kappa shape index (κ1) is 13.1. The molecule has 0 spiro atoms. The van der Waals surface area contributed by atoms with Gasteiger partial charge < -0.3 is 19.5 Å². The molecule has 0 aliphatic carbocycles. The van der Waals surface area contributed by atoms with E-state index in [1.165, 1.54) is 14.2 Å². The molecule has 0 radical (unpaired) electrons. The molecule has 0 unspecified atom stereocenters. The van der Waals surface area contributed by atoms with Gasteiger partial charge in [-0.2, -0.15) is 0 Å². The lowest BCUT2D eigenvalue weighted by Gasteiger charge is -2.11. The molecule has 0 atom stereocenters. The minimum atomic E-state index is -3.23. The molecule has 0 rings (SSSR count). The molecule has 0 aromatic heterocycles. The number of primary amides is 1. The van der Waals surface area contributed by atoms with E-state index in [0.717, 1.165) is 0 Å². The Balaban J connectivity index is 3.98. The van der Waals surface area contributed by atoms with Crippen LogP contribution in [0, 0.1) is 0 Å². The standard InChI is InChI=1S/C6H12NO6P/c1-11-14(10,12-2)4-3-5(8)13-6(7)9/h3-4H2,1-2H3,(H2,7,9). The van der Waals surface area contributed by atoms with Crippen molar-refractivity contribution in [1.29, 1.82) is 0 Å². The number of esters is 1. The maximum atomic E-state index is 11.4. The Morgan fingerprint density at radius 2 is 1.79 bits per heavy atom. The molecule has 0 aliphatic heterocycles. The molecule has 2 N–H and O–H groups in total. The van der Waals surface area contributed by atoms with Crippen LogP contribution in [-0.4, -0.2) is 32.4 Å². The molecule has 8 heteroatoms. The van der Waals surface area contributed by atoms with Crippen LogP contribution in [0.25, 0.3) is 0 Å². The monoisotopic (exact) mass is 225 g/mol. The predicted molar refractivity (Wildman–Crippen MR) is 46.8 cm³/mol. The van der Waals surface area contributed by atoms with Gasteiger partial charge in [0, 0.05) is 14.2 Å². The highest BCUT2D eigenvalue weighted by Gasteiger charge is 2.23. The fraction of sp³-hybridized carbons (Fsp3) is 0.667. The van der Waals surface area contributed by atoms with E-state index >= 15 is 0 Å². The van der Waals surface area contributed by atoms with Gasteiger partial charge in [0.25, 0.3) is 0 Å². The number of ether oxygens (including phenoxy) is 1. The summed E-state index contributed by atoms with van der Waals surface area (Å²) in [4.78, 5) is 20.9. The van der Waals surface area contributed by atoms with Crippen LogP contribution >= 0.6 is 7.60 Å². The van der Waals surface area contributed by atoms with Gasteiger partial charge in [-0.05, 0) is 0 Å². The van der Waals surface area contributed by atoms with Gasteiger partial charge in [-0.25, -0.2) is 4.79 Å². The summed E-state index contributed by atoms with van der Waals surface area (Å²) in [5.74, 6) is -0.869. The summed E-state index contributed by atoms with van der Waals surface area (Å²) in [5, 5.41) is 0. The number of nitrogens with two attached hydrogens (primary N) is 1. The molecule has 0 aromatic carbocycles. The Morgan fingerprint density at radius 1 is 1.29 bits per heavy atom. The fourth-order valence-corrected chi connectivity index (χ4v) is 1.62. The van der Waals surface area contributed by atoms with E-state index in [0.29, 0.717) is 0 Å². The molecule has 0 fully saturated rings. The molecule has 0 saturated carbocycles. The van der Waals surface area contributed by atoms with Crippen LogP contribution in [0.5, 0.6) is 0 Å². The van der Waals surface area contributed by atoms with Gasteiger partial charge in [-0.15, -0.1) is 0 Å². The van der Waals surface area contributed by atoms with Gasteiger partial charge in [-0.3, -0.25) is 9.36 Å². The van der Waals surface area contributed by atoms with E-state index in [9.17, 15) is 14.2 Å². The maximum Gasteiger partial charge on any atom is 0.412 e. The van der Waals surface area contributed by atoms with Crippen LogP contribution in [0.15, 0.2) is 0 Å². The van der Waals surface area contributed by atoms with Crippen molar-refractivity contribution >= 4 is 19.7 Å². The molecular weight excluding hydrogens is 213 g/mol. The van der Waals surface area contributed by atoms with Crippen LogP contribution in [0.1, 0.15) is 6.42 Å². The van der Waals surface area contributed by atoms with Gasteiger partial charge in [0.2, 0.25) is 0 Å². The molecular formula is C6H12NO6P. The van der Waals surface area contributed by atoms with Crippen molar-refractivity contribution in [2.24, 2.45) is 5.73 Å².